The van der Waals surface area contributed by atoms with Gasteiger partial charge in [-0.05, 0) is 38.2 Å². The minimum Gasteiger partial charge on any atom is -0.368 e. The van der Waals surface area contributed by atoms with Crippen molar-refractivity contribution < 1.29 is 9.53 Å². The maximum absolute atomic E-state index is 12.5. The molecule has 1 N–H and O–H groups in total. The molecule has 1 aromatic heterocycles. The van der Waals surface area contributed by atoms with Crippen molar-refractivity contribution >= 4 is 35.8 Å². The highest BCUT2D eigenvalue weighted by atomic mass is 127. The van der Waals surface area contributed by atoms with E-state index in [1.54, 1.807) is 0 Å². The van der Waals surface area contributed by atoms with Crippen molar-refractivity contribution in [2.45, 2.75) is 38.7 Å². The van der Waals surface area contributed by atoms with Crippen LogP contribution in [-0.2, 0) is 23.0 Å². The van der Waals surface area contributed by atoms with Gasteiger partial charge in [-0.3, -0.25) is 14.5 Å². The highest BCUT2D eigenvalue weighted by Crippen LogP contribution is 2.16. The Labute approximate surface area is 184 Å². The lowest BCUT2D eigenvalue weighted by atomic mass is 10.2. The van der Waals surface area contributed by atoms with E-state index in [9.17, 15) is 4.79 Å². The van der Waals surface area contributed by atoms with Gasteiger partial charge in [0.05, 0.1) is 6.20 Å². The minimum atomic E-state index is -0.217. The molecule has 2 saturated heterocycles. The number of aryl methyl sites for hydroxylation is 2. The molecular weight excluding hydrogens is 471 g/mol. The molecule has 1 atom stereocenters. The molecule has 3 rings (SSSR count). The average molecular weight is 504 g/mol. The molecule has 158 valence electrons. The first kappa shape index (κ1) is 22.9. The topological polar surface area (TPSA) is 75.0 Å². The van der Waals surface area contributed by atoms with Crippen LogP contribution >= 0.6 is 24.0 Å². The maximum atomic E-state index is 12.5. The number of carbonyl (C=O) groups excluding carboxylic acids is 1. The van der Waals surface area contributed by atoms with Gasteiger partial charge in [-0.15, -0.1) is 24.0 Å². The van der Waals surface area contributed by atoms with Gasteiger partial charge in [-0.1, -0.05) is 0 Å². The van der Waals surface area contributed by atoms with Crippen molar-refractivity contribution in [1.29, 1.82) is 0 Å². The molecule has 0 aromatic carbocycles. The van der Waals surface area contributed by atoms with Crippen molar-refractivity contribution in [2.75, 3.05) is 45.9 Å². The Balaban J connectivity index is 0.00000280. The van der Waals surface area contributed by atoms with Gasteiger partial charge in [0, 0.05) is 59.1 Å². The number of piperazine rings is 1. The Hall–Kier alpha value is -1.36. The summed E-state index contributed by atoms with van der Waals surface area (Å²) >= 11 is 0. The molecule has 1 unspecified atom stereocenters. The molecule has 2 aliphatic rings. The molecule has 0 spiro atoms. The zero-order valence-corrected chi connectivity index (χ0v) is 19.3. The number of carbonyl (C=O) groups is 1. The van der Waals surface area contributed by atoms with Gasteiger partial charge >= 0.3 is 0 Å². The average Bonchev–Trinajstić information content (AvgIpc) is 3.36. The predicted molar refractivity (Wildman–Crippen MR) is 120 cm³/mol. The summed E-state index contributed by atoms with van der Waals surface area (Å²) in [4.78, 5) is 21.5. The van der Waals surface area contributed by atoms with Crippen LogP contribution < -0.4 is 5.32 Å². The van der Waals surface area contributed by atoms with Crippen LogP contribution in [0.25, 0.3) is 0 Å². The van der Waals surface area contributed by atoms with Crippen LogP contribution in [0.1, 0.15) is 31.7 Å². The number of amides is 1. The Morgan fingerprint density at radius 2 is 2.07 bits per heavy atom. The van der Waals surface area contributed by atoms with Crippen molar-refractivity contribution in [2.24, 2.45) is 12.0 Å². The monoisotopic (exact) mass is 504 g/mol. The zero-order chi connectivity index (χ0) is 19.1. The number of guanidine groups is 1. The van der Waals surface area contributed by atoms with Crippen LogP contribution in [0.5, 0.6) is 0 Å². The lowest BCUT2D eigenvalue weighted by Gasteiger charge is -2.37. The molecule has 0 aliphatic carbocycles. The molecule has 3 heterocycles. The van der Waals surface area contributed by atoms with Crippen LogP contribution in [0.3, 0.4) is 0 Å². The second-order valence-electron chi connectivity index (χ2n) is 7.18. The maximum Gasteiger partial charge on any atom is 0.251 e. The molecule has 8 nitrogen and oxygen atoms in total. The Morgan fingerprint density at radius 1 is 1.32 bits per heavy atom. The molecule has 2 fully saturated rings. The number of hydrogen-bond acceptors (Lipinski definition) is 4. The highest BCUT2D eigenvalue weighted by molar-refractivity contribution is 14.0. The van der Waals surface area contributed by atoms with Crippen LogP contribution in [0.2, 0.25) is 0 Å². The molecule has 9 heteroatoms. The van der Waals surface area contributed by atoms with Crippen molar-refractivity contribution in [3.8, 4) is 0 Å². The molecule has 2 aliphatic heterocycles. The van der Waals surface area contributed by atoms with Crippen LogP contribution in [-0.4, -0.2) is 83.4 Å². The fourth-order valence-corrected chi connectivity index (χ4v) is 3.61. The number of halogens is 1. The lowest BCUT2D eigenvalue weighted by molar-refractivity contribution is -0.142. The summed E-state index contributed by atoms with van der Waals surface area (Å²) in [5, 5.41) is 7.59. The number of nitrogens with zero attached hydrogens (tertiary/aromatic N) is 5. The van der Waals surface area contributed by atoms with E-state index in [0.717, 1.165) is 70.9 Å². The molecule has 0 saturated carbocycles. The third-order valence-corrected chi connectivity index (χ3v) is 5.07. The normalized spacial score (nSPS) is 20.2. The van der Waals surface area contributed by atoms with Gasteiger partial charge in [0.15, 0.2) is 5.96 Å². The van der Waals surface area contributed by atoms with Gasteiger partial charge < -0.3 is 19.9 Å². The number of nitrogens with one attached hydrogen (secondary N) is 1. The van der Waals surface area contributed by atoms with Gasteiger partial charge in [0.2, 0.25) is 0 Å². The fourth-order valence-electron chi connectivity index (χ4n) is 3.61. The Bertz CT molecular complexity index is 636. The summed E-state index contributed by atoms with van der Waals surface area (Å²) in [5.74, 6) is 1.11. The van der Waals surface area contributed by atoms with Crippen LogP contribution in [0.15, 0.2) is 17.4 Å². The third-order valence-electron chi connectivity index (χ3n) is 5.07. The third kappa shape index (κ3) is 6.33. The van der Waals surface area contributed by atoms with Crippen molar-refractivity contribution in [3.05, 3.63) is 18.0 Å². The van der Waals surface area contributed by atoms with Crippen molar-refractivity contribution in [1.82, 2.24) is 24.9 Å². The molecule has 1 amide bonds. The highest BCUT2D eigenvalue weighted by Gasteiger charge is 2.30. The van der Waals surface area contributed by atoms with Crippen LogP contribution in [0.4, 0.5) is 0 Å². The lowest BCUT2D eigenvalue weighted by Crippen LogP contribution is -2.55. The molecular formula is C19H33IN6O2. The van der Waals surface area contributed by atoms with Gasteiger partial charge in [-0.25, -0.2) is 0 Å². The zero-order valence-electron chi connectivity index (χ0n) is 17.0. The number of rotatable bonds is 6. The van der Waals surface area contributed by atoms with Gasteiger partial charge in [-0.2, -0.15) is 5.10 Å². The van der Waals surface area contributed by atoms with E-state index in [0.29, 0.717) is 6.61 Å². The number of aromatic nitrogens is 2. The summed E-state index contributed by atoms with van der Waals surface area (Å²) in [5.41, 5.74) is 1.25. The van der Waals surface area contributed by atoms with Crippen LogP contribution in [0, 0.1) is 0 Å². The molecule has 1 aromatic rings. The van der Waals surface area contributed by atoms with E-state index in [4.69, 9.17) is 9.73 Å². The first-order valence-corrected chi connectivity index (χ1v) is 10.1. The van der Waals surface area contributed by atoms with E-state index >= 15 is 0 Å². The SMILES string of the molecule is CCNC(=NCCCc1cnn(C)c1)N1CCN(C(=O)C2CCCO2)CC1.I. The first-order valence-electron chi connectivity index (χ1n) is 10.1. The second kappa shape index (κ2) is 11.6. The van der Waals surface area contributed by atoms with E-state index in [1.165, 1.54) is 5.56 Å². The van der Waals surface area contributed by atoms with Gasteiger partial charge in [0.25, 0.3) is 5.91 Å². The number of ether oxygens (including phenoxy) is 1. The summed E-state index contributed by atoms with van der Waals surface area (Å²) < 4.78 is 7.37. The first-order chi connectivity index (χ1) is 13.2. The minimum absolute atomic E-state index is 0. The quantitative estimate of drug-likeness (QED) is 0.273. The summed E-state index contributed by atoms with van der Waals surface area (Å²) in [7, 11) is 1.94. The Kier molecular flexibility index (Phi) is 9.49. The van der Waals surface area contributed by atoms with Gasteiger partial charge in [0.1, 0.15) is 6.10 Å². The fraction of sp³-hybridized carbons (Fsp3) is 0.737. The summed E-state index contributed by atoms with van der Waals surface area (Å²) in [6.07, 6.45) is 7.59. The van der Waals surface area contributed by atoms with E-state index in [1.807, 2.05) is 22.8 Å². The standard InChI is InChI=1S/C19H32N6O2.HI/c1-3-20-19(21-8-4-6-16-14-22-23(2)15-16)25-11-9-24(10-12-25)18(26)17-7-5-13-27-17;/h14-15,17H,3-13H2,1-2H3,(H,20,21);1H. The Morgan fingerprint density at radius 3 is 2.68 bits per heavy atom. The predicted octanol–water partition coefficient (Wildman–Crippen LogP) is 1.26. The second-order valence-corrected chi connectivity index (χ2v) is 7.18. The number of aliphatic imine (C=N–C) groups is 1. The summed E-state index contributed by atoms with van der Waals surface area (Å²) in [6.45, 7) is 7.52. The molecule has 0 bridgehead atoms. The number of hydrogen-bond donors (Lipinski definition) is 1. The van der Waals surface area contributed by atoms with E-state index in [2.05, 4.69) is 28.4 Å². The molecule has 0 radical (unpaired) electrons. The smallest absolute Gasteiger partial charge is 0.251 e. The van der Waals surface area contributed by atoms with E-state index < -0.39 is 0 Å². The largest absolute Gasteiger partial charge is 0.368 e. The molecule has 28 heavy (non-hydrogen) atoms. The van der Waals surface area contributed by atoms with Crippen molar-refractivity contribution in [3.63, 3.8) is 0 Å². The summed E-state index contributed by atoms with van der Waals surface area (Å²) in [6, 6.07) is 0. The van der Waals surface area contributed by atoms with E-state index in [-0.39, 0.29) is 36.0 Å².